The third-order valence-corrected chi connectivity index (χ3v) is 3.69. The lowest BCUT2D eigenvalue weighted by molar-refractivity contribution is 0.0954. The molecule has 27 heavy (non-hydrogen) atoms. The average molecular weight is 359 g/mol. The molecule has 0 unspecified atom stereocenters. The van der Waals surface area contributed by atoms with Crippen molar-refractivity contribution in [3.8, 4) is 5.75 Å². The lowest BCUT2D eigenvalue weighted by atomic mass is 10.1. The highest BCUT2D eigenvalue weighted by Gasteiger charge is 2.07. The Morgan fingerprint density at radius 2 is 1.52 bits per heavy atom. The minimum atomic E-state index is -0.382. The average Bonchev–Trinajstić information content (AvgIpc) is 2.69. The Morgan fingerprint density at radius 3 is 2.22 bits per heavy atom. The van der Waals surface area contributed by atoms with Crippen molar-refractivity contribution in [2.75, 3.05) is 5.32 Å². The predicted octanol–water partition coefficient (Wildman–Crippen LogP) is 3.41. The van der Waals surface area contributed by atoms with Crippen LogP contribution in [0.2, 0.25) is 0 Å². The molecule has 0 saturated carbocycles. The number of phenols is 1. The van der Waals surface area contributed by atoms with E-state index in [2.05, 4.69) is 15.8 Å². The van der Waals surface area contributed by atoms with Gasteiger partial charge in [-0.05, 0) is 54.1 Å². The van der Waals surface area contributed by atoms with Crippen LogP contribution < -0.4 is 10.7 Å². The zero-order chi connectivity index (χ0) is 19.1. The van der Waals surface area contributed by atoms with E-state index in [0.717, 1.165) is 0 Å². The zero-order valence-corrected chi connectivity index (χ0v) is 14.3. The van der Waals surface area contributed by atoms with Crippen LogP contribution in [0, 0.1) is 0 Å². The maximum Gasteiger partial charge on any atom is 0.271 e. The molecule has 0 bridgehead atoms. The Bertz CT molecular complexity index is 967. The molecule has 0 fully saturated rings. The van der Waals surface area contributed by atoms with Gasteiger partial charge in [-0.1, -0.05) is 30.3 Å². The maximum atomic E-state index is 12.1. The van der Waals surface area contributed by atoms with E-state index in [1.807, 2.05) is 6.07 Å². The molecule has 2 amide bonds. The van der Waals surface area contributed by atoms with Gasteiger partial charge in [0.25, 0.3) is 11.8 Å². The van der Waals surface area contributed by atoms with Crippen LogP contribution in [0.4, 0.5) is 5.69 Å². The molecule has 3 aromatic carbocycles. The Kier molecular flexibility index (Phi) is 5.59. The molecule has 0 aliphatic rings. The monoisotopic (exact) mass is 359 g/mol. The summed E-state index contributed by atoms with van der Waals surface area (Å²) >= 11 is 0. The summed E-state index contributed by atoms with van der Waals surface area (Å²) in [7, 11) is 0. The fourth-order valence-electron chi connectivity index (χ4n) is 2.33. The van der Waals surface area contributed by atoms with Crippen molar-refractivity contribution >= 4 is 23.7 Å². The highest BCUT2D eigenvalue weighted by molar-refractivity contribution is 6.04. The van der Waals surface area contributed by atoms with Gasteiger partial charge in [-0.25, -0.2) is 5.43 Å². The van der Waals surface area contributed by atoms with E-state index in [9.17, 15) is 14.7 Å². The van der Waals surface area contributed by atoms with Crippen molar-refractivity contribution in [1.82, 2.24) is 5.43 Å². The minimum Gasteiger partial charge on any atom is -0.508 e. The van der Waals surface area contributed by atoms with E-state index in [1.165, 1.54) is 12.3 Å². The number of nitrogens with zero attached hydrogens (tertiary/aromatic N) is 1. The highest BCUT2D eigenvalue weighted by Crippen LogP contribution is 2.12. The predicted molar refractivity (Wildman–Crippen MR) is 104 cm³/mol. The van der Waals surface area contributed by atoms with Gasteiger partial charge in [0.1, 0.15) is 5.75 Å². The standard InChI is InChI=1S/C21H17N3O3/c25-19-8-4-5-15(13-19)14-22-24-21(27)17-9-11-18(12-10-17)23-20(26)16-6-2-1-3-7-16/h1-14,25H,(H,23,26)(H,24,27). The number of carbonyl (C=O) groups is 2. The molecular formula is C21H17N3O3. The molecule has 6 heteroatoms. The van der Waals surface area contributed by atoms with Crippen molar-refractivity contribution in [2.45, 2.75) is 0 Å². The first kappa shape index (κ1) is 17.9. The summed E-state index contributed by atoms with van der Waals surface area (Å²) in [5.74, 6) is -0.478. The number of amides is 2. The van der Waals surface area contributed by atoms with E-state index in [1.54, 1.807) is 66.7 Å². The Balaban J connectivity index is 1.58. The first-order chi connectivity index (χ1) is 13.1. The van der Waals surface area contributed by atoms with Crippen molar-refractivity contribution in [1.29, 1.82) is 0 Å². The summed E-state index contributed by atoms with van der Waals surface area (Å²) in [4.78, 5) is 24.2. The molecular weight excluding hydrogens is 342 g/mol. The second-order valence-electron chi connectivity index (χ2n) is 5.69. The first-order valence-corrected chi connectivity index (χ1v) is 8.21. The van der Waals surface area contributed by atoms with Crippen LogP contribution in [0.1, 0.15) is 26.3 Å². The van der Waals surface area contributed by atoms with Gasteiger partial charge in [-0.15, -0.1) is 0 Å². The molecule has 0 saturated heterocycles. The van der Waals surface area contributed by atoms with Crippen LogP contribution in [0.15, 0.2) is 84.0 Å². The third kappa shape index (κ3) is 5.02. The highest BCUT2D eigenvalue weighted by atomic mass is 16.3. The second kappa shape index (κ2) is 8.44. The Hall–Kier alpha value is -3.93. The molecule has 6 nitrogen and oxygen atoms in total. The van der Waals surface area contributed by atoms with Gasteiger partial charge in [0, 0.05) is 16.8 Å². The smallest absolute Gasteiger partial charge is 0.271 e. The molecule has 3 aromatic rings. The van der Waals surface area contributed by atoms with Gasteiger partial charge in [0.15, 0.2) is 0 Å². The van der Waals surface area contributed by atoms with E-state index in [4.69, 9.17) is 0 Å². The maximum absolute atomic E-state index is 12.1. The van der Waals surface area contributed by atoms with Gasteiger partial charge < -0.3 is 10.4 Å². The number of carbonyl (C=O) groups excluding carboxylic acids is 2. The van der Waals surface area contributed by atoms with E-state index in [0.29, 0.717) is 22.4 Å². The molecule has 0 aliphatic heterocycles. The number of anilines is 1. The number of hydrogen-bond donors (Lipinski definition) is 3. The van der Waals surface area contributed by atoms with Crippen molar-refractivity contribution in [3.05, 3.63) is 95.6 Å². The van der Waals surface area contributed by atoms with Crippen molar-refractivity contribution in [2.24, 2.45) is 5.10 Å². The molecule has 0 radical (unpaired) electrons. The third-order valence-electron chi connectivity index (χ3n) is 3.69. The summed E-state index contributed by atoms with van der Waals surface area (Å²) in [6, 6.07) is 21.9. The van der Waals surface area contributed by atoms with Crippen LogP contribution in [0.25, 0.3) is 0 Å². The second-order valence-corrected chi connectivity index (χ2v) is 5.69. The molecule has 0 aromatic heterocycles. The molecule has 3 N–H and O–H groups in total. The Labute approximate surface area is 156 Å². The minimum absolute atomic E-state index is 0.124. The molecule has 3 rings (SSSR count). The van der Waals surface area contributed by atoms with Gasteiger partial charge in [0.05, 0.1) is 6.21 Å². The fourth-order valence-corrected chi connectivity index (χ4v) is 2.33. The van der Waals surface area contributed by atoms with Gasteiger partial charge in [0.2, 0.25) is 0 Å². The van der Waals surface area contributed by atoms with Gasteiger partial charge >= 0.3 is 0 Å². The molecule has 0 atom stereocenters. The van der Waals surface area contributed by atoms with E-state index in [-0.39, 0.29) is 17.6 Å². The summed E-state index contributed by atoms with van der Waals surface area (Å²) in [5.41, 5.74) is 4.62. The number of hydrazone groups is 1. The summed E-state index contributed by atoms with van der Waals surface area (Å²) in [6.07, 6.45) is 1.44. The van der Waals surface area contributed by atoms with Crippen molar-refractivity contribution < 1.29 is 14.7 Å². The first-order valence-electron chi connectivity index (χ1n) is 8.21. The SMILES string of the molecule is O=C(NN=Cc1cccc(O)c1)c1ccc(NC(=O)c2ccccc2)cc1. The van der Waals surface area contributed by atoms with Crippen LogP contribution in [-0.4, -0.2) is 23.1 Å². The van der Waals surface area contributed by atoms with Crippen LogP contribution in [0.3, 0.4) is 0 Å². The normalized spacial score (nSPS) is 10.5. The fraction of sp³-hybridized carbons (Fsp3) is 0. The zero-order valence-electron chi connectivity index (χ0n) is 14.3. The quantitative estimate of drug-likeness (QED) is 0.482. The largest absolute Gasteiger partial charge is 0.508 e. The summed E-state index contributed by atoms with van der Waals surface area (Å²) in [6.45, 7) is 0. The van der Waals surface area contributed by atoms with Gasteiger partial charge in [-0.3, -0.25) is 9.59 Å². The molecule has 0 aliphatic carbocycles. The number of nitrogens with one attached hydrogen (secondary N) is 2. The van der Waals surface area contributed by atoms with E-state index >= 15 is 0 Å². The number of benzene rings is 3. The lowest BCUT2D eigenvalue weighted by Crippen LogP contribution is -2.17. The van der Waals surface area contributed by atoms with Crippen molar-refractivity contribution in [3.63, 3.8) is 0 Å². The number of hydrogen-bond acceptors (Lipinski definition) is 4. The molecule has 0 spiro atoms. The summed E-state index contributed by atoms with van der Waals surface area (Å²) in [5, 5.41) is 16.0. The van der Waals surface area contributed by atoms with Crippen LogP contribution >= 0.6 is 0 Å². The van der Waals surface area contributed by atoms with Gasteiger partial charge in [-0.2, -0.15) is 5.10 Å². The topological polar surface area (TPSA) is 90.8 Å². The lowest BCUT2D eigenvalue weighted by Gasteiger charge is -2.06. The van der Waals surface area contributed by atoms with Crippen LogP contribution in [0.5, 0.6) is 5.75 Å². The number of phenolic OH excluding ortho intramolecular Hbond substituents is 1. The molecule has 0 heterocycles. The number of rotatable bonds is 5. The number of aromatic hydroxyl groups is 1. The van der Waals surface area contributed by atoms with E-state index < -0.39 is 0 Å². The summed E-state index contributed by atoms with van der Waals surface area (Å²) < 4.78 is 0. The van der Waals surface area contributed by atoms with Crippen LogP contribution in [-0.2, 0) is 0 Å². The molecule has 134 valence electrons. The Morgan fingerprint density at radius 1 is 0.815 bits per heavy atom.